The number of ether oxygens (including phenoxy) is 1. The third-order valence-corrected chi connectivity index (χ3v) is 6.88. The molecule has 10 nitrogen and oxygen atoms in total. The molecule has 0 bridgehead atoms. The van der Waals surface area contributed by atoms with Crippen molar-refractivity contribution in [2.75, 3.05) is 5.32 Å². The number of aromatic hydroxyl groups is 1. The van der Waals surface area contributed by atoms with Crippen LogP contribution in [0.15, 0.2) is 42.5 Å². The van der Waals surface area contributed by atoms with Gasteiger partial charge in [-0.1, -0.05) is 36.4 Å². The number of nitrogens with one attached hydrogen (secondary N) is 2. The Kier molecular flexibility index (Phi) is 9.78. The molecule has 0 spiro atoms. The van der Waals surface area contributed by atoms with E-state index >= 15 is 0 Å². The van der Waals surface area contributed by atoms with E-state index in [0.717, 1.165) is 12.0 Å². The molecule has 2 unspecified atom stereocenters. The fourth-order valence-electron chi connectivity index (χ4n) is 4.59. The van der Waals surface area contributed by atoms with E-state index in [4.69, 9.17) is 10.5 Å². The van der Waals surface area contributed by atoms with E-state index in [1.807, 2.05) is 19.1 Å². The van der Waals surface area contributed by atoms with Crippen LogP contribution in [0, 0.1) is 13.8 Å². The summed E-state index contributed by atoms with van der Waals surface area (Å²) in [5, 5.41) is 16.6. The van der Waals surface area contributed by atoms with Gasteiger partial charge in [0.25, 0.3) is 5.91 Å². The Morgan fingerprint density at radius 3 is 2.27 bits per heavy atom. The van der Waals surface area contributed by atoms with Crippen molar-refractivity contribution in [3.63, 3.8) is 0 Å². The minimum absolute atomic E-state index is 0.0808. The van der Waals surface area contributed by atoms with Crippen molar-refractivity contribution >= 4 is 29.5 Å². The van der Waals surface area contributed by atoms with Gasteiger partial charge in [0.2, 0.25) is 11.8 Å². The first-order chi connectivity index (χ1) is 18.8. The molecule has 5 N–H and O–H groups in total. The van der Waals surface area contributed by atoms with E-state index in [-0.39, 0.29) is 30.2 Å². The Morgan fingerprint density at radius 2 is 1.70 bits per heavy atom. The molecule has 1 aliphatic carbocycles. The number of nitrogens with zero attached hydrogens (tertiary/aromatic N) is 1. The first-order valence-electron chi connectivity index (χ1n) is 13.5. The maximum Gasteiger partial charge on any atom is 0.408 e. The van der Waals surface area contributed by atoms with Crippen LogP contribution in [0.5, 0.6) is 5.75 Å². The van der Waals surface area contributed by atoms with Crippen LogP contribution in [0.1, 0.15) is 75.6 Å². The number of carbonyl (C=O) groups excluding carboxylic acids is 4. The van der Waals surface area contributed by atoms with Gasteiger partial charge >= 0.3 is 6.09 Å². The van der Waals surface area contributed by atoms with Gasteiger partial charge in [0.1, 0.15) is 23.4 Å². The van der Waals surface area contributed by atoms with Crippen molar-refractivity contribution in [2.45, 2.75) is 90.4 Å². The van der Waals surface area contributed by atoms with Crippen molar-refractivity contribution in [1.82, 2.24) is 10.2 Å². The first-order valence-corrected chi connectivity index (χ1v) is 13.5. The second-order valence-corrected chi connectivity index (χ2v) is 11.3. The summed E-state index contributed by atoms with van der Waals surface area (Å²) in [7, 11) is 0. The van der Waals surface area contributed by atoms with E-state index in [1.165, 1.54) is 4.90 Å². The lowest BCUT2D eigenvalue weighted by molar-refractivity contribution is -0.146. The highest BCUT2D eigenvalue weighted by Gasteiger charge is 2.43. The lowest BCUT2D eigenvalue weighted by Crippen LogP contribution is -2.57. The number of anilines is 1. The molecule has 1 saturated carbocycles. The number of hydrogen-bond acceptors (Lipinski definition) is 6. The number of rotatable bonds is 10. The lowest BCUT2D eigenvalue weighted by Gasteiger charge is -2.43. The maximum atomic E-state index is 14.3. The van der Waals surface area contributed by atoms with Gasteiger partial charge in [-0.05, 0) is 77.5 Å². The van der Waals surface area contributed by atoms with E-state index in [1.54, 1.807) is 58.0 Å². The number of amides is 4. The number of primary amides is 1. The smallest absolute Gasteiger partial charge is 0.408 e. The number of alkyl carbamates (subject to hydrolysis) is 1. The molecule has 40 heavy (non-hydrogen) atoms. The molecule has 2 aromatic carbocycles. The third kappa shape index (κ3) is 7.74. The van der Waals surface area contributed by atoms with Crippen LogP contribution in [0.3, 0.4) is 0 Å². The van der Waals surface area contributed by atoms with E-state index in [2.05, 4.69) is 10.6 Å². The molecule has 2 aromatic rings. The van der Waals surface area contributed by atoms with Gasteiger partial charge in [-0.25, -0.2) is 4.79 Å². The van der Waals surface area contributed by atoms with Gasteiger partial charge < -0.3 is 31.1 Å². The molecular weight excluding hydrogens is 512 g/mol. The molecule has 4 amide bonds. The average molecular weight is 553 g/mol. The van der Waals surface area contributed by atoms with Crippen LogP contribution in [-0.2, 0) is 19.1 Å². The Labute approximate surface area is 235 Å². The molecule has 2 atom stereocenters. The normalized spacial score (nSPS) is 14.8. The molecule has 10 heteroatoms. The second kappa shape index (κ2) is 12.8. The number of phenols is 1. The quantitative estimate of drug-likeness (QED) is 0.346. The number of para-hydroxylation sites is 2. The van der Waals surface area contributed by atoms with Crippen molar-refractivity contribution < 1.29 is 29.0 Å². The molecule has 0 aromatic heterocycles. The van der Waals surface area contributed by atoms with Crippen LogP contribution in [0.25, 0.3) is 0 Å². The van der Waals surface area contributed by atoms with Gasteiger partial charge in [0.15, 0.2) is 0 Å². The number of nitrogens with two attached hydrogens (primary N) is 1. The highest BCUT2D eigenvalue weighted by molar-refractivity contribution is 6.00. The van der Waals surface area contributed by atoms with Crippen LogP contribution in [0.4, 0.5) is 10.5 Å². The predicted octanol–water partition coefficient (Wildman–Crippen LogP) is 4.23. The molecule has 0 radical (unpaired) electrons. The summed E-state index contributed by atoms with van der Waals surface area (Å²) in [6.45, 7) is 8.65. The van der Waals surface area contributed by atoms with Crippen LogP contribution < -0.4 is 16.4 Å². The van der Waals surface area contributed by atoms with Crippen molar-refractivity contribution in [3.05, 3.63) is 59.2 Å². The van der Waals surface area contributed by atoms with Gasteiger partial charge in [-0.3, -0.25) is 14.4 Å². The van der Waals surface area contributed by atoms with Crippen LogP contribution in [-0.4, -0.2) is 51.5 Å². The zero-order valence-electron chi connectivity index (χ0n) is 23.8. The zero-order valence-corrected chi connectivity index (χ0v) is 23.8. The molecule has 0 aliphatic heterocycles. The van der Waals surface area contributed by atoms with E-state index in [9.17, 15) is 24.3 Å². The zero-order chi connectivity index (χ0) is 29.6. The fraction of sp³-hybridized carbons (Fsp3) is 0.467. The summed E-state index contributed by atoms with van der Waals surface area (Å²) in [6.07, 6.45) is 1.06. The predicted molar refractivity (Wildman–Crippen MR) is 151 cm³/mol. The lowest BCUT2D eigenvalue weighted by atomic mass is 9.87. The van der Waals surface area contributed by atoms with Crippen molar-refractivity contribution in [3.8, 4) is 5.75 Å². The number of benzene rings is 2. The molecule has 1 fully saturated rings. The second-order valence-electron chi connectivity index (χ2n) is 11.3. The Balaban J connectivity index is 2.07. The molecule has 0 heterocycles. The summed E-state index contributed by atoms with van der Waals surface area (Å²) >= 11 is 0. The van der Waals surface area contributed by atoms with E-state index < -0.39 is 41.5 Å². The molecule has 0 saturated heterocycles. The summed E-state index contributed by atoms with van der Waals surface area (Å²) in [6, 6.07) is 9.57. The standard InChI is InChI=1S/C30H40N4O6/c1-18-10-6-7-15-22(18)32-27(37)25(21-14-8-11-19(2)26(21)36)34(20-12-9-13-20)28(38)23(16-17-24(31)35)33-29(39)40-30(3,4)5/h6-8,10-11,14-15,20,23,25,36H,9,12-13,16-17H2,1-5H3,(H2,31,35)(H,32,37)(H,33,39). The van der Waals surface area contributed by atoms with Gasteiger partial charge in [0.05, 0.1) is 0 Å². The van der Waals surface area contributed by atoms with Crippen molar-refractivity contribution in [2.24, 2.45) is 5.73 Å². The highest BCUT2D eigenvalue weighted by Crippen LogP contribution is 2.38. The molecule has 1 aliphatic rings. The Hall–Kier alpha value is -4.08. The van der Waals surface area contributed by atoms with E-state index in [0.29, 0.717) is 24.1 Å². The Bertz CT molecular complexity index is 1250. The third-order valence-electron chi connectivity index (χ3n) is 6.88. The summed E-state index contributed by atoms with van der Waals surface area (Å²) in [5.74, 6) is -1.81. The number of phenolic OH excluding ortho intramolecular Hbond substituents is 1. The minimum Gasteiger partial charge on any atom is -0.507 e. The summed E-state index contributed by atoms with van der Waals surface area (Å²) in [4.78, 5) is 54.1. The summed E-state index contributed by atoms with van der Waals surface area (Å²) < 4.78 is 5.37. The average Bonchev–Trinajstić information content (AvgIpc) is 2.82. The van der Waals surface area contributed by atoms with Gasteiger partial charge in [0, 0.05) is 23.7 Å². The largest absolute Gasteiger partial charge is 0.507 e. The first kappa shape index (κ1) is 30.5. The highest BCUT2D eigenvalue weighted by atomic mass is 16.6. The van der Waals surface area contributed by atoms with Gasteiger partial charge in [-0.2, -0.15) is 0 Å². The molecular formula is C30H40N4O6. The SMILES string of the molecule is Cc1ccccc1NC(=O)C(c1cccc(C)c1O)N(C(=O)C(CCC(N)=O)NC(=O)OC(C)(C)C)C1CCC1. The number of carbonyl (C=O) groups is 4. The van der Waals surface area contributed by atoms with Crippen LogP contribution >= 0.6 is 0 Å². The van der Waals surface area contributed by atoms with Crippen molar-refractivity contribution in [1.29, 1.82) is 0 Å². The Morgan fingerprint density at radius 1 is 1.05 bits per heavy atom. The van der Waals surface area contributed by atoms with Gasteiger partial charge in [-0.15, -0.1) is 0 Å². The minimum atomic E-state index is -1.21. The fourth-order valence-corrected chi connectivity index (χ4v) is 4.59. The summed E-state index contributed by atoms with van der Waals surface area (Å²) in [5.41, 5.74) is 6.76. The number of aryl methyl sites for hydroxylation is 2. The molecule has 3 rings (SSSR count). The maximum absolute atomic E-state index is 14.3. The monoisotopic (exact) mass is 552 g/mol. The molecule has 216 valence electrons. The number of hydrogen-bond donors (Lipinski definition) is 4. The topological polar surface area (TPSA) is 151 Å². The van der Waals surface area contributed by atoms with Crippen LogP contribution in [0.2, 0.25) is 0 Å².